The Kier molecular flexibility index (Phi) is 4.48. The lowest BCUT2D eigenvalue weighted by molar-refractivity contribution is 0.1000. The van der Waals surface area contributed by atoms with Crippen molar-refractivity contribution in [2.45, 2.75) is 38.4 Å². The third-order valence-corrected chi connectivity index (χ3v) is 5.35. The van der Waals surface area contributed by atoms with E-state index in [4.69, 9.17) is 5.73 Å². The highest BCUT2D eigenvalue weighted by atomic mass is 16.1. The van der Waals surface area contributed by atoms with Gasteiger partial charge in [0.05, 0.1) is 0 Å². The summed E-state index contributed by atoms with van der Waals surface area (Å²) in [5.74, 6) is -0.368. The van der Waals surface area contributed by atoms with Crippen LogP contribution in [-0.2, 0) is 6.54 Å². The van der Waals surface area contributed by atoms with Crippen molar-refractivity contribution in [3.05, 3.63) is 83.4 Å². The molecule has 1 atom stereocenters. The molecule has 132 valence electrons. The number of benzene rings is 3. The van der Waals surface area contributed by atoms with Crippen molar-refractivity contribution in [1.29, 1.82) is 0 Å². The Morgan fingerprint density at radius 3 is 2.54 bits per heavy atom. The van der Waals surface area contributed by atoms with Crippen molar-refractivity contribution in [1.82, 2.24) is 4.90 Å². The highest BCUT2D eigenvalue weighted by molar-refractivity contribution is 5.92. The summed E-state index contributed by atoms with van der Waals surface area (Å²) in [6.45, 7) is 3.11. The lowest BCUT2D eigenvalue weighted by Gasteiger charge is -2.30. The van der Waals surface area contributed by atoms with Crippen LogP contribution in [0.3, 0.4) is 0 Å². The van der Waals surface area contributed by atoms with E-state index >= 15 is 0 Å². The Morgan fingerprint density at radius 2 is 1.81 bits per heavy atom. The van der Waals surface area contributed by atoms with Crippen LogP contribution >= 0.6 is 0 Å². The van der Waals surface area contributed by atoms with E-state index in [1.165, 1.54) is 29.2 Å². The largest absolute Gasteiger partial charge is 0.366 e. The van der Waals surface area contributed by atoms with E-state index in [0.717, 1.165) is 12.1 Å². The van der Waals surface area contributed by atoms with Gasteiger partial charge in [0.1, 0.15) is 0 Å². The smallest absolute Gasteiger partial charge is 0.248 e. The van der Waals surface area contributed by atoms with Crippen molar-refractivity contribution >= 4 is 16.7 Å². The third kappa shape index (κ3) is 3.49. The molecule has 0 radical (unpaired) electrons. The molecule has 1 unspecified atom stereocenters. The summed E-state index contributed by atoms with van der Waals surface area (Å²) >= 11 is 0. The summed E-state index contributed by atoms with van der Waals surface area (Å²) in [5.41, 5.74) is 8.49. The normalized spacial score (nSPS) is 15.3. The quantitative estimate of drug-likeness (QED) is 0.706. The molecule has 26 heavy (non-hydrogen) atoms. The Balaban J connectivity index is 1.61. The van der Waals surface area contributed by atoms with Crippen LogP contribution in [0.5, 0.6) is 0 Å². The first-order valence-electron chi connectivity index (χ1n) is 9.25. The van der Waals surface area contributed by atoms with E-state index in [9.17, 15) is 4.79 Å². The van der Waals surface area contributed by atoms with Gasteiger partial charge in [0.2, 0.25) is 5.91 Å². The molecule has 0 aliphatic heterocycles. The van der Waals surface area contributed by atoms with E-state index < -0.39 is 0 Å². The molecule has 3 aromatic carbocycles. The Morgan fingerprint density at radius 1 is 1.04 bits per heavy atom. The van der Waals surface area contributed by atoms with Crippen LogP contribution in [0.1, 0.15) is 47.3 Å². The number of hydrogen-bond acceptors (Lipinski definition) is 2. The molecular formula is C23H24N2O. The zero-order valence-corrected chi connectivity index (χ0v) is 15.1. The van der Waals surface area contributed by atoms with Crippen molar-refractivity contribution in [3.8, 4) is 0 Å². The first-order chi connectivity index (χ1) is 12.6. The molecule has 1 aliphatic carbocycles. The van der Waals surface area contributed by atoms with Gasteiger partial charge in [-0.05, 0) is 59.9 Å². The highest BCUT2D eigenvalue weighted by Crippen LogP contribution is 2.36. The third-order valence-electron chi connectivity index (χ3n) is 5.35. The molecular weight excluding hydrogens is 320 g/mol. The van der Waals surface area contributed by atoms with E-state index in [2.05, 4.69) is 60.4 Å². The summed E-state index contributed by atoms with van der Waals surface area (Å²) in [4.78, 5) is 14.0. The summed E-state index contributed by atoms with van der Waals surface area (Å²) in [6, 6.07) is 23.9. The summed E-state index contributed by atoms with van der Waals surface area (Å²) in [5, 5.41) is 2.55. The van der Waals surface area contributed by atoms with Gasteiger partial charge in [-0.15, -0.1) is 0 Å². The van der Waals surface area contributed by atoms with Crippen LogP contribution in [0.2, 0.25) is 0 Å². The first kappa shape index (κ1) is 16.8. The van der Waals surface area contributed by atoms with Crippen LogP contribution in [0.25, 0.3) is 10.8 Å². The summed E-state index contributed by atoms with van der Waals surface area (Å²) < 4.78 is 0. The molecule has 3 heteroatoms. The second-order valence-electron chi connectivity index (χ2n) is 7.25. The fourth-order valence-corrected chi connectivity index (χ4v) is 3.68. The second-order valence-corrected chi connectivity index (χ2v) is 7.25. The van der Waals surface area contributed by atoms with E-state index in [1.54, 1.807) is 6.07 Å². The van der Waals surface area contributed by atoms with Gasteiger partial charge >= 0.3 is 0 Å². The van der Waals surface area contributed by atoms with Gasteiger partial charge in [-0.25, -0.2) is 0 Å². The minimum absolute atomic E-state index is 0.323. The number of carbonyl (C=O) groups is 1. The zero-order valence-electron chi connectivity index (χ0n) is 15.1. The number of nitrogens with zero attached hydrogens (tertiary/aromatic N) is 1. The summed E-state index contributed by atoms with van der Waals surface area (Å²) in [6.07, 6.45) is 2.49. The maximum atomic E-state index is 11.5. The molecule has 3 aromatic rings. The predicted octanol–water partition coefficient (Wildman–Crippen LogP) is 4.66. The maximum absolute atomic E-state index is 11.5. The minimum atomic E-state index is -0.368. The van der Waals surface area contributed by atoms with Gasteiger partial charge in [-0.2, -0.15) is 0 Å². The van der Waals surface area contributed by atoms with Crippen molar-refractivity contribution in [2.24, 2.45) is 5.73 Å². The molecule has 1 saturated carbocycles. The van der Waals surface area contributed by atoms with Crippen LogP contribution in [-0.4, -0.2) is 16.8 Å². The van der Waals surface area contributed by atoms with Gasteiger partial charge in [0.25, 0.3) is 0 Å². The zero-order chi connectivity index (χ0) is 18.1. The van der Waals surface area contributed by atoms with Crippen molar-refractivity contribution in [2.75, 3.05) is 0 Å². The van der Waals surface area contributed by atoms with Crippen LogP contribution in [0.15, 0.2) is 66.7 Å². The maximum Gasteiger partial charge on any atom is 0.248 e. The molecule has 0 heterocycles. The van der Waals surface area contributed by atoms with Crippen molar-refractivity contribution in [3.63, 3.8) is 0 Å². The second kappa shape index (κ2) is 6.93. The number of rotatable bonds is 6. The molecule has 1 fully saturated rings. The number of amides is 1. The van der Waals surface area contributed by atoms with Crippen LogP contribution < -0.4 is 5.73 Å². The predicted molar refractivity (Wildman–Crippen MR) is 106 cm³/mol. The van der Waals surface area contributed by atoms with E-state index in [0.29, 0.717) is 17.6 Å². The average molecular weight is 344 g/mol. The van der Waals surface area contributed by atoms with Gasteiger partial charge < -0.3 is 5.73 Å². The molecule has 1 aliphatic rings. The molecule has 0 bridgehead atoms. The average Bonchev–Trinajstić information content (AvgIpc) is 3.50. The molecule has 2 N–H and O–H groups in total. The molecule has 0 saturated heterocycles. The Hall–Kier alpha value is -2.65. The molecule has 1 amide bonds. The Labute approximate surface area is 154 Å². The SMILES string of the molecule is CC(c1ccc2ccccc2c1)N(Cc1cccc(C(N)=O)c1)C1CC1. The number of carbonyl (C=O) groups excluding carboxylic acids is 1. The van der Waals surface area contributed by atoms with Crippen LogP contribution in [0.4, 0.5) is 0 Å². The number of primary amides is 1. The van der Waals surface area contributed by atoms with E-state index in [1.807, 2.05) is 12.1 Å². The lowest BCUT2D eigenvalue weighted by atomic mass is 10.0. The number of nitrogens with two attached hydrogens (primary N) is 1. The minimum Gasteiger partial charge on any atom is -0.366 e. The van der Waals surface area contributed by atoms with Gasteiger partial charge in [0.15, 0.2) is 0 Å². The Bertz CT molecular complexity index is 946. The molecule has 0 spiro atoms. The van der Waals surface area contributed by atoms with Gasteiger partial charge in [0, 0.05) is 24.2 Å². The van der Waals surface area contributed by atoms with E-state index in [-0.39, 0.29) is 5.91 Å². The standard InChI is InChI=1S/C23H24N2O/c1-16(19-10-9-18-6-2-3-7-20(18)14-19)25(22-11-12-22)15-17-5-4-8-21(13-17)23(24)26/h2-10,13-14,16,22H,11-12,15H2,1H3,(H2,24,26). The number of hydrogen-bond donors (Lipinski definition) is 1. The fourth-order valence-electron chi connectivity index (χ4n) is 3.68. The molecule has 0 aromatic heterocycles. The van der Waals surface area contributed by atoms with Gasteiger partial charge in [-0.3, -0.25) is 9.69 Å². The summed E-state index contributed by atoms with van der Waals surface area (Å²) in [7, 11) is 0. The van der Waals surface area contributed by atoms with Crippen LogP contribution in [0, 0.1) is 0 Å². The number of fused-ring (bicyclic) bond motifs is 1. The molecule has 3 nitrogen and oxygen atoms in total. The monoisotopic (exact) mass is 344 g/mol. The molecule has 4 rings (SSSR count). The first-order valence-corrected chi connectivity index (χ1v) is 9.25. The van der Waals surface area contributed by atoms with Gasteiger partial charge in [-0.1, -0.05) is 48.5 Å². The van der Waals surface area contributed by atoms with Crippen molar-refractivity contribution < 1.29 is 4.79 Å². The lowest BCUT2D eigenvalue weighted by Crippen LogP contribution is -2.29. The topological polar surface area (TPSA) is 46.3 Å². The fraction of sp³-hybridized carbons (Fsp3) is 0.261. The highest BCUT2D eigenvalue weighted by Gasteiger charge is 2.32.